The molecule has 1 aliphatic carbocycles. The summed E-state index contributed by atoms with van der Waals surface area (Å²) < 4.78 is 12.1. The van der Waals surface area contributed by atoms with Gasteiger partial charge in [0, 0.05) is 40.9 Å². The molecule has 2 rings (SSSR count). The number of hydrogen-bond acceptors (Lipinski definition) is 3. The van der Waals surface area contributed by atoms with Crippen LogP contribution < -0.4 is 10.6 Å². The number of nitrogens with zero attached hydrogens (tertiary/aromatic N) is 2. The second-order valence-corrected chi connectivity index (χ2v) is 10.0. The maximum Gasteiger partial charge on any atom is 0.191 e. The average Bonchev–Trinajstić information content (AvgIpc) is 2.71. The van der Waals surface area contributed by atoms with E-state index in [0.29, 0.717) is 11.3 Å². The van der Waals surface area contributed by atoms with Crippen LogP contribution in [-0.2, 0) is 10.8 Å². The molecule has 0 bridgehead atoms. The molecule has 0 aromatic heterocycles. The summed E-state index contributed by atoms with van der Waals surface area (Å²) in [4.78, 5) is 7.41. The zero-order chi connectivity index (χ0) is 19.3. The average molecular weight is 527 g/mol. The number of halogens is 1. The van der Waals surface area contributed by atoms with Gasteiger partial charge in [-0.05, 0) is 71.5 Å². The summed E-state index contributed by atoms with van der Waals surface area (Å²) in [6, 6.07) is 0.413. The summed E-state index contributed by atoms with van der Waals surface area (Å²) in [6.07, 6.45) is 12.4. The van der Waals surface area contributed by atoms with E-state index in [9.17, 15) is 4.21 Å². The van der Waals surface area contributed by atoms with Crippen molar-refractivity contribution >= 4 is 40.7 Å². The van der Waals surface area contributed by atoms with Gasteiger partial charge in [0.2, 0.25) is 0 Å². The van der Waals surface area contributed by atoms with Crippen LogP contribution in [0.5, 0.6) is 0 Å². The third-order valence-corrected chi connectivity index (χ3v) is 7.56. The Labute approximate surface area is 192 Å². The SMILES string of the molecule is CCNC(=NCCCCCN1CCCCC1)NC1CCCC(S(=O)CC)C1.I. The summed E-state index contributed by atoms with van der Waals surface area (Å²) in [5.74, 6) is 1.73. The molecule has 0 aromatic rings. The molecule has 0 radical (unpaired) electrons. The van der Waals surface area contributed by atoms with Crippen LogP contribution in [0.2, 0.25) is 0 Å². The van der Waals surface area contributed by atoms with Crippen molar-refractivity contribution in [3.63, 3.8) is 0 Å². The molecule has 1 heterocycles. The number of hydrogen-bond donors (Lipinski definition) is 2. The van der Waals surface area contributed by atoms with Crippen molar-refractivity contribution in [2.75, 3.05) is 38.5 Å². The Bertz CT molecular complexity index is 458. The summed E-state index contributed by atoms with van der Waals surface area (Å²) in [5.41, 5.74) is 0. The van der Waals surface area contributed by atoms with Crippen LogP contribution in [0.3, 0.4) is 0 Å². The Morgan fingerprint density at radius 1 is 1.07 bits per heavy atom. The standard InChI is InChI=1S/C21H42N4OS.HI/c1-3-22-21(24-19-12-11-13-20(18-19)27(26)4-2)23-14-7-5-8-15-25-16-9-6-10-17-25;/h19-20H,3-18H2,1-2H3,(H2,22,23,24);1H. The van der Waals surface area contributed by atoms with E-state index in [-0.39, 0.29) is 24.0 Å². The van der Waals surface area contributed by atoms with Crippen molar-refractivity contribution in [2.24, 2.45) is 4.99 Å². The van der Waals surface area contributed by atoms with E-state index in [2.05, 4.69) is 22.5 Å². The van der Waals surface area contributed by atoms with Gasteiger partial charge in [0.1, 0.15) is 0 Å². The fourth-order valence-corrected chi connectivity index (χ4v) is 5.61. The van der Waals surface area contributed by atoms with Crippen molar-refractivity contribution in [1.82, 2.24) is 15.5 Å². The van der Waals surface area contributed by atoms with Crippen LogP contribution in [0, 0.1) is 0 Å². The lowest BCUT2D eigenvalue weighted by atomic mass is 9.95. The number of guanidine groups is 1. The molecular weight excluding hydrogens is 483 g/mol. The van der Waals surface area contributed by atoms with E-state index in [1.807, 2.05) is 6.92 Å². The van der Waals surface area contributed by atoms with Gasteiger partial charge in [0.25, 0.3) is 0 Å². The second-order valence-electron chi connectivity index (χ2n) is 8.02. The van der Waals surface area contributed by atoms with E-state index in [4.69, 9.17) is 4.99 Å². The topological polar surface area (TPSA) is 56.7 Å². The minimum atomic E-state index is -0.669. The molecule has 28 heavy (non-hydrogen) atoms. The van der Waals surface area contributed by atoms with Crippen LogP contribution >= 0.6 is 24.0 Å². The maximum atomic E-state index is 12.1. The smallest absolute Gasteiger partial charge is 0.191 e. The van der Waals surface area contributed by atoms with E-state index in [0.717, 1.165) is 50.5 Å². The number of piperidine rings is 1. The molecule has 3 atom stereocenters. The van der Waals surface area contributed by atoms with Crippen LogP contribution in [-0.4, -0.2) is 64.8 Å². The van der Waals surface area contributed by atoms with E-state index in [1.54, 1.807) is 0 Å². The summed E-state index contributed by atoms with van der Waals surface area (Å²) in [6.45, 7) is 9.80. The monoisotopic (exact) mass is 526 g/mol. The lowest BCUT2D eigenvalue weighted by molar-refractivity contribution is 0.224. The second kappa shape index (κ2) is 15.9. The maximum absolute atomic E-state index is 12.1. The molecule has 1 saturated heterocycles. The van der Waals surface area contributed by atoms with Crippen molar-refractivity contribution < 1.29 is 4.21 Å². The van der Waals surface area contributed by atoms with Gasteiger partial charge in [0.05, 0.1) is 0 Å². The molecule has 2 N–H and O–H groups in total. The van der Waals surface area contributed by atoms with E-state index < -0.39 is 10.8 Å². The largest absolute Gasteiger partial charge is 0.357 e. The van der Waals surface area contributed by atoms with Gasteiger partial charge in [-0.15, -0.1) is 24.0 Å². The molecule has 5 nitrogen and oxygen atoms in total. The Kier molecular flexibility index (Phi) is 14.8. The van der Waals surface area contributed by atoms with Gasteiger partial charge in [-0.1, -0.05) is 26.2 Å². The first kappa shape index (κ1) is 26.1. The molecule has 0 amide bonds. The molecule has 0 aromatic carbocycles. The molecular formula is C21H43IN4OS. The zero-order valence-electron chi connectivity index (χ0n) is 18.1. The number of unbranched alkanes of at least 4 members (excludes halogenated alkanes) is 2. The number of aliphatic imine (C=N–C) groups is 1. The lowest BCUT2D eigenvalue weighted by Gasteiger charge is -2.30. The Balaban J connectivity index is 0.00000392. The molecule has 0 spiro atoms. The summed E-state index contributed by atoms with van der Waals surface area (Å²) >= 11 is 0. The van der Waals surface area contributed by atoms with Crippen LogP contribution in [0.15, 0.2) is 4.99 Å². The first-order valence-electron chi connectivity index (χ1n) is 11.4. The van der Waals surface area contributed by atoms with Gasteiger partial charge < -0.3 is 15.5 Å². The van der Waals surface area contributed by atoms with Gasteiger partial charge in [-0.3, -0.25) is 9.20 Å². The number of likely N-dealkylation sites (tertiary alicyclic amines) is 1. The molecule has 166 valence electrons. The fourth-order valence-electron chi connectivity index (χ4n) is 4.26. The van der Waals surface area contributed by atoms with Gasteiger partial charge in [0.15, 0.2) is 5.96 Å². The highest BCUT2D eigenvalue weighted by Gasteiger charge is 2.25. The molecule has 1 saturated carbocycles. The van der Waals surface area contributed by atoms with Crippen LogP contribution in [0.1, 0.15) is 78.1 Å². The first-order valence-corrected chi connectivity index (χ1v) is 12.8. The minimum absolute atomic E-state index is 0. The van der Waals surface area contributed by atoms with Gasteiger partial charge in [-0.25, -0.2) is 0 Å². The third-order valence-electron chi connectivity index (χ3n) is 5.82. The Morgan fingerprint density at radius 2 is 1.86 bits per heavy atom. The fraction of sp³-hybridized carbons (Fsp3) is 0.952. The van der Waals surface area contributed by atoms with Crippen molar-refractivity contribution in [2.45, 2.75) is 89.3 Å². The van der Waals surface area contributed by atoms with Crippen LogP contribution in [0.4, 0.5) is 0 Å². The lowest BCUT2D eigenvalue weighted by Crippen LogP contribution is -2.46. The van der Waals surface area contributed by atoms with Gasteiger partial charge >= 0.3 is 0 Å². The summed E-state index contributed by atoms with van der Waals surface area (Å²) in [5, 5.41) is 7.35. The highest BCUT2D eigenvalue weighted by molar-refractivity contribution is 14.0. The molecule has 2 aliphatic rings. The molecule has 2 fully saturated rings. The minimum Gasteiger partial charge on any atom is -0.357 e. The van der Waals surface area contributed by atoms with E-state index in [1.165, 1.54) is 58.2 Å². The van der Waals surface area contributed by atoms with Crippen LogP contribution in [0.25, 0.3) is 0 Å². The normalized spacial score (nSPS) is 25.0. The Hall–Kier alpha value is 0.110. The predicted molar refractivity (Wildman–Crippen MR) is 133 cm³/mol. The van der Waals surface area contributed by atoms with Crippen molar-refractivity contribution in [3.05, 3.63) is 0 Å². The van der Waals surface area contributed by atoms with Gasteiger partial charge in [-0.2, -0.15) is 0 Å². The quantitative estimate of drug-likeness (QED) is 0.196. The number of nitrogens with one attached hydrogen (secondary N) is 2. The van der Waals surface area contributed by atoms with Crippen molar-refractivity contribution in [3.8, 4) is 0 Å². The third kappa shape index (κ3) is 10.2. The highest BCUT2D eigenvalue weighted by atomic mass is 127. The Morgan fingerprint density at radius 3 is 2.57 bits per heavy atom. The van der Waals surface area contributed by atoms with E-state index >= 15 is 0 Å². The number of rotatable bonds is 10. The highest BCUT2D eigenvalue weighted by Crippen LogP contribution is 2.23. The molecule has 7 heteroatoms. The molecule has 3 unspecified atom stereocenters. The molecule has 1 aliphatic heterocycles. The van der Waals surface area contributed by atoms with Crippen molar-refractivity contribution in [1.29, 1.82) is 0 Å². The first-order chi connectivity index (χ1) is 13.2. The zero-order valence-corrected chi connectivity index (χ0v) is 21.2. The predicted octanol–water partition coefficient (Wildman–Crippen LogP) is 3.90. The summed E-state index contributed by atoms with van der Waals surface area (Å²) in [7, 11) is -0.669.